The third-order valence-electron chi connectivity index (χ3n) is 4.58. The van der Waals surface area contributed by atoms with Crippen molar-refractivity contribution < 1.29 is 14.6 Å². The number of aliphatic hydroxyl groups excluding tert-OH is 1. The molecule has 1 N–H and O–H groups in total. The van der Waals surface area contributed by atoms with Crippen LogP contribution in [0.3, 0.4) is 0 Å². The van der Waals surface area contributed by atoms with Crippen LogP contribution in [0.15, 0.2) is 18.2 Å². The Bertz CT molecular complexity index is 489. The van der Waals surface area contributed by atoms with Gasteiger partial charge in [0.15, 0.2) is 0 Å². The van der Waals surface area contributed by atoms with E-state index < -0.39 is 0 Å². The number of fused-ring (bicyclic) bond motifs is 1. The average Bonchev–Trinajstić information content (AvgIpc) is 2.56. The molecule has 2 rings (SSSR count). The predicted octanol–water partition coefficient (Wildman–Crippen LogP) is 2.39. The van der Waals surface area contributed by atoms with Gasteiger partial charge in [-0.15, -0.1) is 0 Å². The molecule has 4 heteroatoms. The second-order valence-electron chi connectivity index (χ2n) is 5.91. The Balaban J connectivity index is 2.28. The molecule has 0 fully saturated rings. The number of methoxy groups -OCH3 is 1. The molecule has 4 nitrogen and oxygen atoms in total. The first-order valence-corrected chi connectivity index (χ1v) is 8.22. The number of rotatable bonds is 8. The van der Waals surface area contributed by atoms with Crippen molar-refractivity contribution in [1.82, 2.24) is 4.90 Å². The Hall–Kier alpha value is -1.39. The first kappa shape index (κ1) is 17.0. The summed E-state index contributed by atoms with van der Waals surface area (Å²) < 4.78 is 5.45. The van der Waals surface area contributed by atoms with E-state index in [2.05, 4.69) is 17.9 Å². The molecular weight excluding hydrogens is 278 g/mol. The first-order valence-electron chi connectivity index (χ1n) is 8.22. The van der Waals surface area contributed by atoms with Gasteiger partial charge in [0.2, 0.25) is 0 Å². The van der Waals surface area contributed by atoms with E-state index in [4.69, 9.17) is 9.84 Å². The minimum absolute atomic E-state index is 0.107. The minimum atomic E-state index is -0.107. The van der Waals surface area contributed by atoms with E-state index in [0.717, 1.165) is 56.4 Å². The molecule has 122 valence electrons. The summed E-state index contributed by atoms with van der Waals surface area (Å²) in [6, 6.07) is 6.22. The molecule has 1 aliphatic rings. The van der Waals surface area contributed by atoms with Gasteiger partial charge in [0.1, 0.15) is 12.0 Å². The standard InChI is InChI=1S/C18H27NO3/c1-3-10-19(11-5-12-20)17-9-8-15-14(16(17)13-21)6-4-7-18(15)22-2/h4,6-7,13,16-17,20H,3,5,8-12H2,1-2H3. The van der Waals surface area contributed by atoms with E-state index in [1.54, 1.807) is 7.11 Å². The van der Waals surface area contributed by atoms with Crippen LogP contribution in [-0.4, -0.2) is 49.1 Å². The molecule has 0 saturated carbocycles. The van der Waals surface area contributed by atoms with Gasteiger partial charge in [0, 0.05) is 19.2 Å². The number of carbonyl (C=O) groups excluding carboxylic acids is 1. The molecule has 1 aromatic carbocycles. The second-order valence-corrected chi connectivity index (χ2v) is 5.91. The fourth-order valence-corrected chi connectivity index (χ4v) is 3.61. The molecule has 2 unspecified atom stereocenters. The number of carbonyl (C=O) groups is 1. The monoisotopic (exact) mass is 305 g/mol. The summed E-state index contributed by atoms with van der Waals surface area (Å²) >= 11 is 0. The zero-order valence-electron chi connectivity index (χ0n) is 13.6. The zero-order chi connectivity index (χ0) is 15.9. The van der Waals surface area contributed by atoms with Crippen molar-refractivity contribution in [3.63, 3.8) is 0 Å². The van der Waals surface area contributed by atoms with E-state index in [-0.39, 0.29) is 18.6 Å². The van der Waals surface area contributed by atoms with Crippen molar-refractivity contribution in [3.8, 4) is 5.75 Å². The smallest absolute Gasteiger partial charge is 0.129 e. The lowest BCUT2D eigenvalue weighted by atomic mass is 9.78. The molecule has 0 heterocycles. The summed E-state index contributed by atoms with van der Waals surface area (Å²) in [7, 11) is 1.68. The molecule has 22 heavy (non-hydrogen) atoms. The van der Waals surface area contributed by atoms with Crippen LogP contribution in [0.25, 0.3) is 0 Å². The quantitative estimate of drug-likeness (QED) is 0.749. The van der Waals surface area contributed by atoms with Crippen molar-refractivity contribution >= 4 is 6.29 Å². The van der Waals surface area contributed by atoms with Crippen molar-refractivity contribution in [3.05, 3.63) is 29.3 Å². The van der Waals surface area contributed by atoms with E-state index in [9.17, 15) is 4.79 Å². The van der Waals surface area contributed by atoms with Gasteiger partial charge < -0.3 is 14.6 Å². The van der Waals surface area contributed by atoms with Crippen LogP contribution in [0.5, 0.6) is 5.75 Å². The van der Waals surface area contributed by atoms with Crippen LogP contribution in [0, 0.1) is 0 Å². The Kier molecular flexibility index (Phi) is 6.40. The van der Waals surface area contributed by atoms with Crippen molar-refractivity contribution in [1.29, 1.82) is 0 Å². The normalized spacial score (nSPS) is 20.7. The maximum atomic E-state index is 11.8. The molecular formula is C18H27NO3. The van der Waals surface area contributed by atoms with Crippen LogP contribution in [-0.2, 0) is 11.2 Å². The summed E-state index contributed by atoms with van der Waals surface area (Å²) in [5.41, 5.74) is 2.28. The molecule has 1 aromatic rings. The molecule has 0 aromatic heterocycles. The largest absolute Gasteiger partial charge is 0.496 e. The number of nitrogens with zero attached hydrogens (tertiary/aromatic N) is 1. The predicted molar refractivity (Wildman–Crippen MR) is 87.5 cm³/mol. The highest BCUT2D eigenvalue weighted by molar-refractivity contribution is 5.67. The molecule has 0 spiro atoms. The number of ether oxygens (including phenoxy) is 1. The molecule has 0 amide bonds. The van der Waals surface area contributed by atoms with Crippen molar-refractivity contribution in [2.75, 3.05) is 26.8 Å². The van der Waals surface area contributed by atoms with Gasteiger partial charge in [0.05, 0.1) is 13.0 Å². The summed E-state index contributed by atoms with van der Waals surface area (Å²) in [4.78, 5) is 14.2. The van der Waals surface area contributed by atoms with Crippen LogP contribution >= 0.6 is 0 Å². The Morgan fingerprint density at radius 3 is 2.86 bits per heavy atom. The second kappa shape index (κ2) is 8.30. The highest BCUT2D eigenvalue weighted by Gasteiger charge is 2.34. The third kappa shape index (κ3) is 3.50. The van der Waals surface area contributed by atoms with Crippen LogP contribution in [0.1, 0.15) is 43.2 Å². The molecule has 2 atom stereocenters. The van der Waals surface area contributed by atoms with E-state index >= 15 is 0 Å². The van der Waals surface area contributed by atoms with Crippen LogP contribution < -0.4 is 4.74 Å². The Morgan fingerprint density at radius 2 is 2.23 bits per heavy atom. The van der Waals surface area contributed by atoms with Gasteiger partial charge in [-0.05, 0) is 49.4 Å². The SMILES string of the molecule is CCCN(CCCO)C1CCc2c(OC)cccc2C1C=O. The summed E-state index contributed by atoms with van der Waals surface area (Å²) in [5.74, 6) is 0.782. The van der Waals surface area contributed by atoms with Gasteiger partial charge in [0.25, 0.3) is 0 Å². The maximum absolute atomic E-state index is 11.8. The van der Waals surface area contributed by atoms with E-state index in [1.807, 2.05) is 12.1 Å². The highest BCUT2D eigenvalue weighted by Crippen LogP contribution is 2.38. The van der Waals surface area contributed by atoms with Gasteiger partial charge in [-0.1, -0.05) is 19.1 Å². The lowest BCUT2D eigenvalue weighted by Gasteiger charge is -2.39. The molecule has 0 bridgehead atoms. The van der Waals surface area contributed by atoms with Crippen molar-refractivity contribution in [2.45, 2.75) is 44.6 Å². The van der Waals surface area contributed by atoms with Gasteiger partial charge in [-0.2, -0.15) is 0 Å². The Morgan fingerprint density at radius 1 is 1.41 bits per heavy atom. The van der Waals surface area contributed by atoms with Crippen LogP contribution in [0.2, 0.25) is 0 Å². The fourth-order valence-electron chi connectivity index (χ4n) is 3.61. The lowest BCUT2D eigenvalue weighted by Crippen LogP contribution is -2.44. The third-order valence-corrected chi connectivity index (χ3v) is 4.58. The topological polar surface area (TPSA) is 49.8 Å². The van der Waals surface area contributed by atoms with Gasteiger partial charge in [-0.25, -0.2) is 0 Å². The lowest BCUT2D eigenvalue weighted by molar-refractivity contribution is -0.110. The van der Waals surface area contributed by atoms with Crippen molar-refractivity contribution in [2.24, 2.45) is 0 Å². The minimum Gasteiger partial charge on any atom is -0.496 e. The zero-order valence-corrected chi connectivity index (χ0v) is 13.6. The summed E-state index contributed by atoms with van der Waals surface area (Å²) in [5, 5.41) is 9.12. The Labute approximate surface area is 133 Å². The molecule has 1 aliphatic carbocycles. The summed E-state index contributed by atoms with van der Waals surface area (Å²) in [6.07, 6.45) is 4.80. The molecule has 0 radical (unpaired) electrons. The maximum Gasteiger partial charge on any atom is 0.129 e. The fraction of sp³-hybridized carbons (Fsp3) is 0.611. The first-order chi connectivity index (χ1) is 10.8. The number of hydrogen-bond acceptors (Lipinski definition) is 4. The van der Waals surface area contributed by atoms with E-state index in [0.29, 0.717) is 0 Å². The number of hydrogen-bond donors (Lipinski definition) is 1. The summed E-state index contributed by atoms with van der Waals surface area (Å²) in [6.45, 7) is 4.16. The highest BCUT2D eigenvalue weighted by atomic mass is 16.5. The van der Waals surface area contributed by atoms with E-state index in [1.165, 1.54) is 5.56 Å². The van der Waals surface area contributed by atoms with Crippen LogP contribution in [0.4, 0.5) is 0 Å². The number of aliphatic hydroxyl groups is 1. The average molecular weight is 305 g/mol. The molecule has 0 saturated heterocycles. The molecule has 0 aliphatic heterocycles. The number of aldehydes is 1. The number of benzene rings is 1. The van der Waals surface area contributed by atoms with Gasteiger partial charge >= 0.3 is 0 Å². The van der Waals surface area contributed by atoms with Gasteiger partial charge in [-0.3, -0.25) is 4.90 Å².